The largest absolute Gasteiger partial charge is 0.416 e. The molecule has 3 rings (SSSR count). The van der Waals surface area contributed by atoms with Gasteiger partial charge in [-0.05, 0) is 55.7 Å². The summed E-state index contributed by atoms with van der Waals surface area (Å²) in [5, 5.41) is 0. The van der Waals surface area contributed by atoms with E-state index in [1.54, 1.807) is 13.0 Å². The lowest BCUT2D eigenvalue weighted by atomic mass is 10.0. The van der Waals surface area contributed by atoms with E-state index in [4.69, 9.17) is 0 Å². The van der Waals surface area contributed by atoms with Gasteiger partial charge in [-0.2, -0.15) is 17.7 Å². The van der Waals surface area contributed by atoms with E-state index in [1.807, 2.05) is 60.6 Å². The van der Waals surface area contributed by atoms with Crippen LogP contribution in [0, 0.1) is 20.8 Å². The Morgan fingerprint density at radius 1 is 0.920 bits per heavy atom. The molecule has 2 nitrogen and oxygen atoms in total. The van der Waals surface area contributed by atoms with Crippen molar-refractivity contribution in [2.45, 2.75) is 26.9 Å². The van der Waals surface area contributed by atoms with Crippen LogP contribution in [0.1, 0.15) is 22.3 Å². The van der Waals surface area contributed by atoms with Gasteiger partial charge in [0.25, 0.3) is 5.82 Å². The molecule has 0 N–H and O–H groups in total. The minimum Gasteiger partial charge on any atom is -0.232 e. The van der Waals surface area contributed by atoms with Crippen LogP contribution in [0.2, 0.25) is 0 Å². The van der Waals surface area contributed by atoms with Crippen molar-refractivity contribution in [1.29, 1.82) is 0 Å². The molecule has 0 bridgehead atoms. The van der Waals surface area contributed by atoms with E-state index in [0.29, 0.717) is 5.56 Å². The highest BCUT2D eigenvalue weighted by Gasteiger charge is 2.32. The Labute approximate surface area is 145 Å². The first-order valence-corrected chi connectivity index (χ1v) is 8.02. The Morgan fingerprint density at radius 2 is 1.56 bits per heavy atom. The molecule has 0 saturated heterocycles. The van der Waals surface area contributed by atoms with E-state index in [-0.39, 0.29) is 0 Å². The summed E-state index contributed by atoms with van der Waals surface area (Å²) in [7, 11) is 1.90. The lowest BCUT2D eigenvalue weighted by molar-refractivity contribution is -0.659. The molecule has 130 valence electrons. The van der Waals surface area contributed by atoms with Gasteiger partial charge >= 0.3 is 6.18 Å². The zero-order valence-corrected chi connectivity index (χ0v) is 14.6. The predicted octanol–water partition coefficient (Wildman–Crippen LogP) is 4.91. The Kier molecular flexibility index (Phi) is 4.19. The maximum Gasteiger partial charge on any atom is 0.416 e. The van der Waals surface area contributed by atoms with Gasteiger partial charge in [0, 0.05) is 0 Å². The lowest BCUT2D eigenvalue weighted by Crippen LogP contribution is -2.29. The number of rotatable bonds is 2. The summed E-state index contributed by atoms with van der Waals surface area (Å²) in [6.07, 6.45) is -0.472. The molecular weight excluding hydrogens is 325 g/mol. The van der Waals surface area contributed by atoms with E-state index in [1.165, 1.54) is 6.07 Å². The highest BCUT2D eigenvalue weighted by Crippen LogP contribution is 2.33. The second kappa shape index (κ2) is 6.06. The number of para-hydroxylation sites is 1. The molecule has 0 fully saturated rings. The van der Waals surface area contributed by atoms with Crippen molar-refractivity contribution in [1.82, 2.24) is 4.57 Å². The normalized spacial score (nSPS) is 11.8. The summed E-state index contributed by atoms with van der Waals surface area (Å²) in [6.45, 7) is 5.78. The first-order chi connectivity index (χ1) is 11.7. The van der Waals surface area contributed by atoms with Gasteiger partial charge in [-0.15, -0.1) is 0 Å². The maximum absolute atomic E-state index is 13.0. The predicted molar refractivity (Wildman–Crippen MR) is 91.6 cm³/mol. The zero-order valence-electron chi connectivity index (χ0n) is 14.6. The van der Waals surface area contributed by atoms with Crippen LogP contribution in [0.4, 0.5) is 13.2 Å². The molecule has 0 unspecified atom stereocenters. The first-order valence-electron chi connectivity index (χ1n) is 8.02. The van der Waals surface area contributed by atoms with E-state index >= 15 is 0 Å². The van der Waals surface area contributed by atoms with Crippen molar-refractivity contribution in [2.75, 3.05) is 0 Å². The Morgan fingerprint density at radius 3 is 2.12 bits per heavy atom. The fraction of sp³-hybridized carbons (Fsp3) is 0.250. The average molecular weight is 345 g/mol. The van der Waals surface area contributed by atoms with Crippen molar-refractivity contribution in [3.8, 4) is 17.1 Å². The minimum absolute atomic E-state index is 0.594. The van der Waals surface area contributed by atoms with Crippen LogP contribution in [0.5, 0.6) is 0 Å². The maximum atomic E-state index is 13.0. The SMILES string of the molecule is Cc1cc(C(F)(F)F)ccc1-c1n(-c2c(C)cccc2C)cc[n+]1C. The average Bonchev–Trinajstić information content (AvgIpc) is 2.88. The topological polar surface area (TPSA) is 8.81 Å². The van der Waals surface area contributed by atoms with Gasteiger partial charge in [0.1, 0.15) is 18.1 Å². The standard InChI is InChI=1S/C20H20F3N2/c1-13-6-5-7-14(2)18(13)25-11-10-24(4)19(25)17-9-8-16(12-15(17)3)20(21,22)23/h5-12H,1-4H3/q+1. The van der Waals surface area contributed by atoms with E-state index < -0.39 is 11.7 Å². The van der Waals surface area contributed by atoms with Crippen LogP contribution in [0.3, 0.4) is 0 Å². The number of halogens is 3. The summed E-state index contributed by atoms with van der Waals surface area (Å²) in [4.78, 5) is 0. The number of alkyl halides is 3. The van der Waals surface area contributed by atoms with Gasteiger partial charge in [0.15, 0.2) is 0 Å². The van der Waals surface area contributed by atoms with Crippen LogP contribution in [-0.2, 0) is 13.2 Å². The molecule has 0 amide bonds. The molecule has 0 atom stereocenters. The van der Waals surface area contributed by atoms with Gasteiger partial charge in [-0.1, -0.05) is 18.2 Å². The number of hydrogen-bond donors (Lipinski definition) is 0. The summed E-state index contributed by atoms with van der Waals surface area (Å²) >= 11 is 0. The van der Waals surface area contributed by atoms with Crippen molar-refractivity contribution in [3.63, 3.8) is 0 Å². The van der Waals surface area contributed by atoms with Crippen molar-refractivity contribution >= 4 is 0 Å². The molecule has 2 aromatic carbocycles. The minimum atomic E-state index is -4.33. The number of benzene rings is 2. The molecule has 25 heavy (non-hydrogen) atoms. The molecule has 5 heteroatoms. The number of imidazole rings is 1. The molecule has 3 aromatic rings. The molecule has 0 spiro atoms. The van der Waals surface area contributed by atoms with Crippen LogP contribution in [0.15, 0.2) is 48.8 Å². The fourth-order valence-corrected chi connectivity index (χ4v) is 3.25. The molecule has 1 heterocycles. The highest BCUT2D eigenvalue weighted by molar-refractivity contribution is 5.63. The van der Waals surface area contributed by atoms with Gasteiger partial charge in [0.05, 0.1) is 18.2 Å². The van der Waals surface area contributed by atoms with E-state index in [2.05, 4.69) is 0 Å². The van der Waals surface area contributed by atoms with E-state index in [9.17, 15) is 13.2 Å². The first kappa shape index (κ1) is 17.3. The Bertz CT molecular complexity index is 916. The molecule has 0 saturated carbocycles. The molecule has 0 aliphatic rings. The summed E-state index contributed by atoms with van der Waals surface area (Å²) in [6, 6.07) is 9.97. The van der Waals surface area contributed by atoms with Crippen molar-refractivity contribution in [3.05, 3.63) is 71.0 Å². The number of aryl methyl sites for hydroxylation is 4. The second-order valence-corrected chi connectivity index (χ2v) is 6.37. The van der Waals surface area contributed by atoms with Gasteiger partial charge in [-0.25, -0.2) is 4.57 Å². The van der Waals surface area contributed by atoms with Crippen LogP contribution in [-0.4, -0.2) is 4.57 Å². The third-order valence-corrected chi connectivity index (χ3v) is 4.48. The number of aromatic nitrogens is 2. The zero-order chi connectivity index (χ0) is 18.4. The van der Waals surface area contributed by atoms with E-state index in [0.717, 1.165) is 34.3 Å². The smallest absolute Gasteiger partial charge is 0.232 e. The molecule has 0 radical (unpaired) electrons. The molecular formula is C20H20F3N2+. The summed E-state index contributed by atoms with van der Waals surface area (Å²) in [5.74, 6) is 0.851. The van der Waals surface area contributed by atoms with Crippen LogP contribution >= 0.6 is 0 Å². The third kappa shape index (κ3) is 3.06. The monoisotopic (exact) mass is 345 g/mol. The van der Waals surface area contributed by atoms with Crippen LogP contribution in [0.25, 0.3) is 17.1 Å². The van der Waals surface area contributed by atoms with Crippen LogP contribution < -0.4 is 4.57 Å². The fourth-order valence-electron chi connectivity index (χ4n) is 3.25. The van der Waals surface area contributed by atoms with Crippen molar-refractivity contribution < 1.29 is 17.7 Å². The van der Waals surface area contributed by atoms with Gasteiger partial charge < -0.3 is 0 Å². The molecule has 0 aliphatic heterocycles. The third-order valence-electron chi connectivity index (χ3n) is 4.48. The quantitative estimate of drug-likeness (QED) is 0.584. The van der Waals surface area contributed by atoms with Crippen molar-refractivity contribution in [2.24, 2.45) is 7.05 Å². The second-order valence-electron chi connectivity index (χ2n) is 6.37. The lowest BCUT2D eigenvalue weighted by Gasteiger charge is -2.12. The highest BCUT2D eigenvalue weighted by atomic mass is 19.4. The Hall–Kier alpha value is -2.56. The summed E-state index contributed by atoms with van der Waals surface area (Å²) in [5.41, 5.74) is 4.03. The van der Waals surface area contributed by atoms with Gasteiger partial charge in [0.2, 0.25) is 0 Å². The number of nitrogens with zero attached hydrogens (tertiary/aromatic N) is 2. The summed E-state index contributed by atoms with van der Waals surface area (Å²) < 4.78 is 42.9. The Balaban J connectivity index is 2.22. The molecule has 1 aromatic heterocycles. The number of hydrogen-bond acceptors (Lipinski definition) is 0. The van der Waals surface area contributed by atoms with Gasteiger partial charge in [-0.3, -0.25) is 0 Å². The molecule has 0 aliphatic carbocycles.